The van der Waals surface area contributed by atoms with Crippen molar-refractivity contribution < 1.29 is 0 Å². The summed E-state index contributed by atoms with van der Waals surface area (Å²) in [4.78, 5) is 0. The van der Waals surface area contributed by atoms with Gasteiger partial charge >= 0.3 is 0 Å². The smallest absolute Gasteiger partial charge is 0.0762 e. The van der Waals surface area contributed by atoms with Crippen molar-refractivity contribution in [2.75, 3.05) is 0 Å². The molecule has 0 bridgehead atoms. The highest BCUT2D eigenvalue weighted by Crippen LogP contribution is 2.05. The molecule has 0 saturated heterocycles. The largest absolute Gasteiger partial charge is 0.307 e. The molecule has 5 heteroatoms. The lowest BCUT2D eigenvalue weighted by Crippen LogP contribution is -2.13. The summed E-state index contributed by atoms with van der Waals surface area (Å²) < 4.78 is 3.78. The molecule has 17 heavy (non-hydrogen) atoms. The van der Waals surface area contributed by atoms with E-state index >= 15 is 0 Å². The Morgan fingerprint density at radius 1 is 1.29 bits per heavy atom. The van der Waals surface area contributed by atoms with Gasteiger partial charge in [-0.15, -0.1) is 0 Å². The fourth-order valence-electron chi connectivity index (χ4n) is 1.78. The predicted octanol–water partition coefficient (Wildman–Crippen LogP) is 1.23. The third-order valence-corrected chi connectivity index (χ3v) is 2.76. The van der Waals surface area contributed by atoms with Crippen LogP contribution in [-0.2, 0) is 26.7 Å². The van der Waals surface area contributed by atoms with Gasteiger partial charge in [-0.05, 0) is 19.9 Å². The van der Waals surface area contributed by atoms with Crippen molar-refractivity contribution in [1.82, 2.24) is 24.9 Å². The van der Waals surface area contributed by atoms with Crippen molar-refractivity contribution in [3.05, 3.63) is 35.4 Å². The molecule has 0 unspecified atom stereocenters. The molecule has 0 spiro atoms. The van der Waals surface area contributed by atoms with Crippen LogP contribution in [0.1, 0.15) is 23.9 Å². The Morgan fingerprint density at radius 2 is 2.12 bits per heavy atom. The maximum Gasteiger partial charge on any atom is 0.0762 e. The summed E-state index contributed by atoms with van der Waals surface area (Å²) in [6.45, 7) is 6.68. The van der Waals surface area contributed by atoms with Gasteiger partial charge in [0.15, 0.2) is 0 Å². The highest BCUT2D eigenvalue weighted by molar-refractivity contribution is 5.15. The third-order valence-electron chi connectivity index (χ3n) is 2.76. The van der Waals surface area contributed by atoms with Crippen molar-refractivity contribution >= 4 is 0 Å². The minimum atomic E-state index is 0.789. The van der Waals surface area contributed by atoms with Crippen LogP contribution in [0.25, 0.3) is 0 Å². The number of hydrogen-bond donors (Lipinski definition) is 1. The Morgan fingerprint density at radius 3 is 2.71 bits per heavy atom. The number of aryl methyl sites for hydroxylation is 3. The lowest BCUT2D eigenvalue weighted by atomic mass is 10.2. The molecule has 2 rings (SSSR count). The van der Waals surface area contributed by atoms with Gasteiger partial charge in [0.1, 0.15) is 0 Å². The van der Waals surface area contributed by atoms with Crippen LogP contribution in [0.3, 0.4) is 0 Å². The number of hydrogen-bond acceptors (Lipinski definition) is 3. The van der Waals surface area contributed by atoms with Crippen molar-refractivity contribution in [3.63, 3.8) is 0 Å². The predicted molar refractivity (Wildman–Crippen MR) is 66.4 cm³/mol. The van der Waals surface area contributed by atoms with Gasteiger partial charge in [0.05, 0.1) is 11.4 Å². The van der Waals surface area contributed by atoms with Gasteiger partial charge in [-0.25, -0.2) is 0 Å². The van der Waals surface area contributed by atoms with E-state index in [0.717, 1.165) is 31.0 Å². The van der Waals surface area contributed by atoms with Crippen LogP contribution in [0, 0.1) is 6.92 Å². The van der Waals surface area contributed by atoms with E-state index in [4.69, 9.17) is 0 Å². The Kier molecular flexibility index (Phi) is 3.58. The van der Waals surface area contributed by atoms with E-state index < -0.39 is 0 Å². The van der Waals surface area contributed by atoms with Gasteiger partial charge in [0, 0.05) is 44.6 Å². The highest BCUT2D eigenvalue weighted by Gasteiger charge is 2.03. The molecule has 0 aliphatic rings. The average Bonchev–Trinajstić information content (AvgIpc) is 2.86. The van der Waals surface area contributed by atoms with Crippen molar-refractivity contribution in [2.45, 2.75) is 33.5 Å². The van der Waals surface area contributed by atoms with Crippen LogP contribution >= 0.6 is 0 Å². The zero-order valence-corrected chi connectivity index (χ0v) is 10.6. The second-order valence-electron chi connectivity index (χ2n) is 4.18. The van der Waals surface area contributed by atoms with Gasteiger partial charge in [0.2, 0.25) is 0 Å². The number of aromatic nitrogens is 4. The van der Waals surface area contributed by atoms with Crippen LogP contribution in [0.2, 0.25) is 0 Å². The second kappa shape index (κ2) is 5.14. The summed E-state index contributed by atoms with van der Waals surface area (Å²) in [5, 5.41) is 12.1. The summed E-state index contributed by atoms with van der Waals surface area (Å²) in [5.74, 6) is 0. The van der Waals surface area contributed by atoms with Crippen molar-refractivity contribution in [2.24, 2.45) is 7.05 Å². The molecule has 2 aromatic heterocycles. The number of rotatable bonds is 5. The minimum Gasteiger partial charge on any atom is -0.307 e. The van der Waals surface area contributed by atoms with Crippen LogP contribution in [0.15, 0.2) is 18.5 Å². The molecule has 2 heterocycles. The van der Waals surface area contributed by atoms with E-state index in [-0.39, 0.29) is 0 Å². The Hall–Kier alpha value is -1.62. The Labute approximate surface area is 101 Å². The first-order chi connectivity index (χ1) is 8.19. The second-order valence-corrected chi connectivity index (χ2v) is 4.18. The summed E-state index contributed by atoms with van der Waals surface area (Å²) in [6.07, 6.45) is 4.05. The first-order valence-electron chi connectivity index (χ1n) is 5.91. The molecule has 2 aromatic rings. The normalized spacial score (nSPS) is 11.0. The molecule has 5 nitrogen and oxygen atoms in total. The number of nitrogens with one attached hydrogen (secondary N) is 1. The Balaban J connectivity index is 1.87. The van der Waals surface area contributed by atoms with Crippen LogP contribution < -0.4 is 5.32 Å². The van der Waals surface area contributed by atoms with Gasteiger partial charge in [-0.3, -0.25) is 9.36 Å². The molecule has 92 valence electrons. The van der Waals surface area contributed by atoms with Crippen molar-refractivity contribution in [1.29, 1.82) is 0 Å². The standard InChI is InChI=1S/C12H19N5/c1-4-17-9-11(10(2)14-17)7-13-8-12-5-6-16(3)15-12/h5-6,9,13H,4,7-8H2,1-3H3. The van der Waals surface area contributed by atoms with E-state index in [1.807, 2.05) is 35.6 Å². The lowest BCUT2D eigenvalue weighted by Gasteiger charge is -2.00. The van der Waals surface area contributed by atoms with Crippen LogP contribution in [-0.4, -0.2) is 19.6 Å². The molecule has 0 fully saturated rings. The molecule has 0 aromatic carbocycles. The quantitative estimate of drug-likeness (QED) is 0.845. The van der Waals surface area contributed by atoms with E-state index in [9.17, 15) is 0 Å². The highest BCUT2D eigenvalue weighted by atomic mass is 15.3. The zero-order valence-electron chi connectivity index (χ0n) is 10.6. The van der Waals surface area contributed by atoms with Crippen LogP contribution in [0.4, 0.5) is 0 Å². The van der Waals surface area contributed by atoms with Crippen molar-refractivity contribution in [3.8, 4) is 0 Å². The topological polar surface area (TPSA) is 47.7 Å². The van der Waals surface area contributed by atoms with Gasteiger partial charge in [-0.1, -0.05) is 0 Å². The zero-order chi connectivity index (χ0) is 12.3. The van der Waals surface area contributed by atoms with Gasteiger partial charge in [-0.2, -0.15) is 10.2 Å². The summed E-state index contributed by atoms with van der Waals surface area (Å²) in [6, 6.07) is 2.02. The monoisotopic (exact) mass is 233 g/mol. The van der Waals surface area contributed by atoms with E-state index in [2.05, 4.69) is 28.6 Å². The lowest BCUT2D eigenvalue weighted by molar-refractivity contribution is 0.647. The summed E-state index contributed by atoms with van der Waals surface area (Å²) >= 11 is 0. The maximum absolute atomic E-state index is 4.42. The Bertz CT molecular complexity index is 483. The molecule has 0 aliphatic heterocycles. The maximum atomic E-state index is 4.42. The fraction of sp³-hybridized carbons (Fsp3) is 0.500. The fourth-order valence-corrected chi connectivity index (χ4v) is 1.78. The first kappa shape index (κ1) is 11.9. The summed E-state index contributed by atoms with van der Waals surface area (Å²) in [7, 11) is 1.93. The average molecular weight is 233 g/mol. The van der Waals surface area contributed by atoms with Gasteiger partial charge < -0.3 is 5.32 Å². The van der Waals surface area contributed by atoms with E-state index in [0.29, 0.717) is 0 Å². The van der Waals surface area contributed by atoms with E-state index in [1.54, 1.807) is 0 Å². The third kappa shape index (κ3) is 2.94. The minimum absolute atomic E-state index is 0.789. The van der Waals surface area contributed by atoms with Crippen LogP contribution in [0.5, 0.6) is 0 Å². The molecular weight excluding hydrogens is 214 g/mol. The molecule has 0 atom stereocenters. The molecule has 0 saturated carbocycles. The SMILES string of the molecule is CCn1cc(CNCc2ccn(C)n2)c(C)n1. The molecular formula is C12H19N5. The molecule has 0 amide bonds. The van der Waals surface area contributed by atoms with Gasteiger partial charge in [0.25, 0.3) is 0 Å². The van der Waals surface area contributed by atoms with E-state index in [1.165, 1.54) is 5.56 Å². The first-order valence-corrected chi connectivity index (χ1v) is 5.91. The molecule has 1 N–H and O–H groups in total. The summed E-state index contributed by atoms with van der Waals surface area (Å²) in [5.41, 5.74) is 3.41. The molecule has 0 radical (unpaired) electrons. The number of nitrogens with zero attached hydrogens (tertiary/aromatic N) is 4. The molecule has 0 aliphatic carbocycles.